The Kier molecular flexibility index (Phi) is 4.56. The van der Waals surface area contributed by atoms with E-state index in [2.05, 4.69) is 55.6 Å². The van der Waals surface area contributed by atoms with Gasteiger partial charge in [-0.25, -0.2) is 0 Å². The Morgan fingerprint density at radius 3 is 2.67 bits per heavy atom. The lowest BCUT2D eigenvalue weighted by molar-refractivity contribution is 0.702. The lowest BCUT2D eigenvalue weighted by atomic mass is 10.0. The van der Waals surface area contributed by atoms with E-state index in [-0.39, 0.29) is 0 Å². The van der Waals surface area contributed by atoms with Gasteiger partial charge in [-0.3, -0.25) is 0 Å². The zero-order valence-electron chi connectivity index (χ0n) is 11.4. The molecule has 0 aliphatic heterocycles. The minimum Gasteiger partial charge on any atom is -0.309 e. The molecule has 0 saturated heterocycles. The van der Waals surface area contributed by atoms with E-state index in [1.54, 1.807) is 0 Å². The summed E-state index contributed by atoms with van der Waals surface area (Å²) in [4.78, 5) is 2.76. The molecule has 1 aromatic heterocycles. The molecule has 0 radical (unpaired) electrons. The summed E-state index contributed by atoms with van der Waals surface area (Å²) in [6, 6.07) is 13.7. The molecule has 2 heteroatoms. The molecule has 0 aliphatic carbocycles. The molecule has 1 aromatic carbocycles. The third-order valence-electron chi connectivity index (χ3n) is 3.16. The van der Waals surface area contributed by atoms with Crippen molar-refractivity contribution in [2.24, 2.45) is 0 Å². The lowest BCUT2D eigenvalue weighted by Crippen LogP contribution is -2.16. The van der Waals surface area contributed by atoms with Crippen LogP contribution in [0.25, 0.3) is 0 Å². The topological polar surface area (TPSA) is 12.0 Å². The number of rotatable bonds is 5. The van der Waals surface area contributed by atoms with Gasteiger partial charge in [0, 0.05) is 9.75 Å². The molecule has 1 heterocycles. The molecule has 0 amide bonds. The first kappa shape index (κ1) is 13.3. The van der Waals surface area contributed by atoms with Gasteiger partial charge in [-0.15, -0.1) is 11.3 Å². The predicted octanol–water partition coefficient (Wildman–Crippen LogP) is 4.32. The summed E-state index contributed by atoms with van der Waals surface area (Å²) in [6.07, 6.45) is 2.36. The maximum absolute atomic E-state index is 3.43. The largest absolute Gasteiger partial charge is 0.309 e. The summed E-state index contributed by atoms with van der Waals surface area (Å²) in [7, 11) is 2.03. The molecule has 0 aliphatic rings. The van der Waals surface area contributed by atoms with Crippen molar-refractivity contribution >= 4 is 11.3 Å². The van der Waals surface area contributed by atoms with Crippen LogP contribution in [0.4, 0.5) is 0 Å². The van der Waals surface area contributed by atoms with Crippen molar-refractivity contribution in [3.8, 4) is 0 Å². The average Bonchev–Trinajstić information content (AvgIpc) is 2.78. The Morgan fingerprint density at radius 1 is 1.22 bits per heavy atom. The highest BCUT2D eigenvalue weighted by molar-refractivity contribution is 7.12. The van der Waals surface area contributed by atoms with Crippen molar-refractivity contribution in [3.63, 3.8) is 0 Å². The van der Waals surface area contributed by atoms with Gasteiger partial charge in [-0.1, -0.05) is 37.6 Å². The van der Waals surface area contributed by atoms with Crippen LogP contribution >= 0.6 is 11.3 Å². The number of thiophene rings is 1. The summed E-state index contributed by atoms with van der Waals surface area (Å²) >= 11 is 1.87. The van der Waals surface area contributed by atoms with Crippen LogP contribution in [-0.4, -0.2) is 7.05 Å². The van der Waals surface area contributed by atoms with Crippen LogP contribution in [0.5, 0.6) is 0 Å². The van der Waals surface area contributed by atoms with Gasteiger partial charge in [0.25, 0.3) is 0 Å². The summed E-state index contributed by atoms with van der Waals surface area (Å²) in [5.74, 6) is 0. The molecule has 2 rings (SSSR count). The van der Waals surface area contributed by atoms with E-state index in [0.717, 1.165) is 6.42 Å². The monoisotopic (exact) mass is 259 g/mol. The van der Waals surface area contributed by atoms with Gasteiger partial charge in [0.15, 0.2) is 0 Å². The molecule has 1 unspecified atom stereocenters. The van der Waals surface area contributed by atoms with E-state index in [9.17, 15) is 0 Å². The molecule has 96 valence electrons. The number of hydrogen-bond acceptors (Lipinski definition) is 2. The van der Waals surface area contributed by atoms with Crippen molar-refractivity contribution < 1.29 is 0 Å². The first-order chi connectivity index (χ1) is 8.74. The van der Waals surface area contributed by atoms with E-state index >= 15 is 0 Å². The third kappa shape index (κ3) is 3.01. The van der Waals surface area contributed by atoms with Gasteiger partial charge in [0.2, 0.25) is 0 Å². The summed E-state index contributed by atoms with van der Waals surface area (Å²) in [5.41, 5.74) is 2.80. The number of hydrogen-bond donors (Lipinski definition) is 1. The van der Waals surface area contributed by atoms with Crippen LogP contribution in [0.15, 0.2) is 36.4 Å². The molecule has 1 nitrogen and oxygen atoms in total. The summed E-state index contributed by atoms with van der Waals surface area (Å²) < 4.78 is 0. The number of benzene rings is 1. The molecule has 18 heavy (non-hydrogen) atoms. The zero-order chi connectivity index (χ0) is 13.0. The number of aryl methyl sites for hydroxylation is 2. The van der Waals surface area contributed by atoms with E-state index in [1.807, 2.05) is 18.4 Å². The smallest absolute Gasteiger partial charge is 0.0668 e. The van der Waals surface area contributed by atoms with Crippen molar-refractivity contribution in [1.82, 2.24) is 5.32 Å². The van der Waals surface area contributed by atoms with Crippen LogP contribution in [0.2, 0.25) is 0 Å². The van der Waals surface area contributed by atoms with Gasteiger partial charge in [0.1, 0.15) is 0 Å². The van der Waals surface area contributed by atoms with E-state index in [4.69, 9.17) is 0 Å². The Labute approximate surface area is 114 Å². The van der Waals surface area contributed by atoms with Crippen LogP contribution < -0.4 is 5.32 Å². The molecule has 0 fully saturated rings. The van der Waals surface area contributed by atoms with Crippen molar-refractivity contribution in [1.29, 1.82) is 0 Å². The van der Waals surface area contributed by atoms with Crippen LogP contribution in [0, 0.1) is 6.92 Å². The molecule has 0 bridgehead atoms. The Morgan fingerprint density at radius 2 is 2.06 bits per heavy atom. The summed E-state index contributed by atoms with van der Waals surface area (Å²) in [6.45, 7) is 4.39. The zero-order valence-corrected chi connectivity index (χ0v) is 12.2. The molecular weight excluding hydrogens is 238 g/mol. The minimum absolute atomic E-state index is 0.320. The maximum Gasteiger partial charge on any atom is 0.0668 e. The van der Waals surface area contributed by atoms with E-state index in [1.165, 1.54) is 27.3 Å². The standard InChI is InChI=1S/C16H21NS/c1-4-6-13-7-5-8-14(11-13)16(17-3)15-10-9-12(2)18-15/h5,7-11,16-17H,4,6H2,1-3H3. The lowest BCUT2D eigenvalue weighted by Gasteiger charge is -2.16. The highest BCUT2D eigenvalue weighted by Crippen LogP contribution is 2.28. The molecule has 2 aromatic rings. The summed E-state index contributed by atoms with van der Waals surface area (Å²) in [5, 5.41) is 3.43. The highest BCUT2D eigenvalue weighted by atomic mass is 32.1. The van der Waals surface area contributed by atoms with Crippen LogP contribution in [-0.2, 0) is 6.42 Å². The van der Waals surface area contributed by atoms with Gasteiger partial charge in [0.05, 0.1) is 6.04 Å². The molecule has 0 spiro atoms. The quantitative estimate of drug-likeness (QED) is 0.843. The second-order valence-corrected chi connectivity index (χ2v) is 5.98. The Bertz CT molecular complexity index is 501. The van der Waals surface area contributed by atoms with Crippen molar-refractivity contribution in [3.05, 3.63) is 57.3 Å². The first-order valence-electron chi connectivity index (χ1n) is 6.57. The normalized spacial score (nSPS) is 12.6. The minimum atomic E-state index is 0.320. The predicted molar refractivity (Wildman–Crippen MR) is 80.4 cm³/mol. The molecule has 1 atom stereocenters. The highest BCUT2D eigenvalue weighted by Gasteiger charge is 2.13. The fraction of sp³-hybridized carbons (Fsp3) is 0.375. The average molecular weight is 259 g/mol. The molecule has 1 N–H and O–H groups in total. The van der Waals surface area contributed by atoms with Gasteiger partial charge in [-0.2, -0.15) is 0 Å². The van der Waals surface area contributed by atoms with Gasteiger partial charge < -0.3 is 5.32 Å². The third-order valence-corrected chi connectivity index (χ3v) is 4.22. The SMILES string of the molecule is CCCc1cccc(C(NC)c2ccc(C)s2)c1. The van der Waals surface area contributed by atoms with E-state index < -0.39 is 0 Å². The van der Waals surface area contributed by atoms with Crippen molar-refractivity contribution in [2.45, 2.75) is 32.7 Å². The maximum atomic E-state index is 3.43. The van der Waals surface area contributed by atoms with Crippen LogP contribution in [0.1, 0.15) is 40.3 Å². The van der Waals surface area contributed by atoms with E-state index in [0.29, 0.717) is 6.04 Å². The second kappa shape index (κ2) is 6.17. The Hall–Kier alpha value is -1.12. The molecule has 0 saturated carbocycles. The Balaban J connectivity index is 2.29. The van der Waals surface area contributed by atoms with Crippen LogP contribution in [0.3, 0.4) is 0 Å². The van der Waals surface area contributed by atoms with Gasteiger partial charge >= 0.3 is 0 Å². The second-order valence-electron chi connectivity index (χ2n) is 4.67. The van der Waals surface area contributed by atoms with Gasteiger partial charge in [-0.05, 0) is 43.7 Å². The number of nitrogens with one attached hydrogen (secondary N) is 1. The van der Waals surface area contributed by atoms with Crippen molar-refractivity contribution in [2.75, 3.05) is 7.05 Å². The first-order valence-corrected chi connectivity index (χ1v) is 7.38. The fourth-order valence-corrected chi connectivity index (χ4v) is 3.31. The molecular formula is C16H21NS. The fourth-order valence-electron chi connectivity index (χ4n) is 2.30.